The molecule has 19 heavy (non-hydrogen) atoms. The Balaban J connectivity index is 1.77. The molecule has 1 aromatic rings. The summed E-state index contributed by atoms with van der Waals surface area (Å²) in [6, 6.07) is 5.95. The van der Waals surface area contributed by atoms with Gasteiger partial charge in [0.25, 0.3) is 5.56 Å². The quantitative estimate of drug-likeness (QED) is 0.866. The molecule has 1 atom stereocenters. The molecule has 0 amide bonds. The third-order valence-electron chi connectivity index (χ3n) is 4.35. The van der Waals surface area contributed by atoms with Crippen molar-refractivity contribution >= 4 is 0 Å². The third-order valence-corrected chi connectivity index (χ3v) is 4.35. The minimum absolute atomic E-state index is 0.0983. The maximum Gasteiger partial charge on any atom is 0.250 e. The van der Waals surface area contributed by atoms with Crippen LogP contribution in [0.3, 0.4) is 0 Å². The fraction of sp³-hybridized carbons (Fsp3) is 0.667. The summed E-state index contributed by atoms with van der Waals surface area (Å²) >= 11 is 0. The lowest BCUT2D eigenvalue weighted by molar-refractivity contribution is 0.160. The molecule has 0 saturated carbocycles. The van der Waals surface area contributed by atoms with E-state index < -0.39 is 0 Å². The zero-order chi connectivity index (χ0) is 13.7. The van der Waals surface area contributed by atoms with Crippen molar-refractivity contribution in [2.45, 2.75) is 32.4 Å². The van der Waals surface area contributed by atoms with Crippen LogP contribution in [0.25, 0.3) is 0 Å². The van der Waals surface area contributed by atoms with Crippen molar-refractivity contribution < 1.29 is 0 Å². The fourth-order valence-corrected chi connectivity index (χ4v) is 2.81. The SMILES string of the molecule is CNC(C)C1CCN(CCn2ccccc2=O)CC1. The minimum atomic E-state index is 0.0983. The normalized spacial score (nSPS) is 19.5. The number of aromatic nitrogens is 1. The number of nitrogens with zero attached hydrogens (tertiary/aromatic N) is 2. The smallest absolute Gasteiger partial charge is 0.250 e. The summed E-state index contributed by atoms with van der Waals surface area (Å²) in [5.41, 5.74) is 0.0983. The van der Waals surface area contributed by atoms with E-state index in [0.29, 0.717) is 6.04 Å². The second kappa shape index (κ2) is 6.87. The Kier molecular flexibility index (Phi) is 5.16. The van der Waals surface area contributed by atoms with Crippen molar-refractivity contribution in [2.75, 3.05) is 26.7 Å². The van der Waals surface area contributed by atoms with Gasteiger partial charge in [-0.1, -0.05) is 6.07 Å². The number of pyridine rings is 1. The van der Waals surface area contributed by atoms with E-state index in [1.807, 2.05) is 19.3 Å². The van der Waals surface area contributed by atoms with Gasteiger partial charge in [-0.3, -0.25) is 4.79 Å². The van der Waals surface area contributed by atoms with Crippen molar-refractivity contribution in [1.82, 2.24) is 14.8 Å². The van der Waals surface area contributed by atoms with E-state index in [0.717, 1.165) is 32.1 Å². The first-order valence-corrected chi connectivity index (χ1v) is 7.26. The summed E-state index contributed by atoms with van der Waals surface area (Å²) in [7, 11) is 2.04. The topological polar surface area (TPSA) is 37.3 Å². The van der Waals surface area contributed by atoms with Gasteiger partial charge in [0.1, 0.15) is 0 Å². The van der Waals surface area contributed by atoms with Gasteiger partial charge in [0.05, 0.1) is 0 Å². The van der Waals surface area contributed by atoms with E-state index in [4.69, 9.17) is 0 Å². The lowest BCUT2D eigenvalue weighted by Crippen LogP contribution is -2.42. The van der Waals surface area contributed by atoms with Crippen LogP contribution >= 0.6 is 0 Å². The molecule has 0 aromatic carbocycles. The van der Waals surface area contributed by atoms with Crippen molar-refractivity contribution in [3.8, 4) is 0 Å². The van der Waals surface area contributed by atoms with Crippen LogP contribution in [-0.4, -0.2) is 42.2 Å². The molecule has 0 spiro atoms. The standard InChI is InChI=1S/C15H25N3O/c1-13(16-2)14-6-9-17(10-7-14)11-12-18-8-4-3-5-15(18)19/h3-5,8,13-14,16H,6-7,9-12H2,1-2H3. The van der Waals surface area contributed by atoms with Crippen LogP contribution in [0.1, 0.15) is 19.8 Å². The van der Waals surface area contributed by atoms with Gasteiger partial charge in [-0.15, -0.1) is 0 Å². The summed E-state index contributed by atoms with van der Waals surface area (Å²) in [5.74, 6) is 0.792. The van der Waals surface area contributed by atoms with Gasteiger partial charge in [-0.05, 0) is 51.9 Å². The molecule has 4 nitrogen and oxygen atoms in total. The highest BCUT2D eigenvalue weighted by Gasteiger charge is 2.22. The van der Waals surface area contributed by atoms with E-state index in [2.05, 4.69) is 17.1 Å². The van der Waals surface area contributed by atoms with Gasteiger partial charge < -0.3 is 14.8 Å². The maximum absolute atomic E-state index is 11.6. The molecule has 1 unspecified atom stereocenters. The lowest BCUT2D eigenvalue weighted by Gasteiger charge is -2.34. The second-order valence-electron chi connectivity index (χ2n) is 5.49. The molecule has 0 bridgehead atoms. The van der Waals surface area contributed by atoms with Gasteiger partial charge >= 0.3 is 0 Å². The molecule has 1 aliphatic rings. The van der Waals surface area contributed by atoms with Gasteiger partial charge in [0.15, 0.2) is 0 Å². The highest BCUT2D eigenvalue weighted by atomic mass is 16.1. The molecular weight excluding hydrogens is 238 g/mol. The van der Waals surface area contributed by atoms with E-state index in [1.165, 1.54) is 12.8 Å². The van der Waals surface area contributed by atoms with E-state index in [9.17, 15) is 4.79 Å². The van der Waals surface area contributed by atoms with E-state index >= 15 is 0 Å². The number of hydrogen-bond donors (Lipinski definition) is 1. The molecule has 2 heterocycles. The van der Waals surface area contributed by atoms with Crippen LogP contribution in [0.5, 0.6) is 0 Å². The zero-order valence-corrected chi connectivity index (χ0v) is 12.0. The Morgan fingerprint density at radius 2 is 2.05 bits per heavy atom. The molecule has 1 aromatic heterocycles. The number of likely N-dealkylation sites (tertiary alicyclic amines) is 1. The highest BCUT2D eigenvalue weighted by molar-refractivity contribution is 4.93. The first kappa shape index (κ1) is 14.3. The molecule has 2 rings (SSSR count). The summed E-state index contributed by atoms with van der Waals surface area (Å²) in [5, 5.41) is 3.35. The van der Waals surface area contributed by atoms with Crippen LogP contribution < -0.4 is 10.9 Å². The summed E-state index contributed by atoms with van der Waals surface area (Å²) in [6.45, 7) is 6.34. The van der Waals surface area contributed by atoms with Crippen molar-refractivity contribution in [3.63, 3.8) is 0 Å². The lowest BCUT2D eigenvalue weighted by atomic mass is 9.90. The number of rotatable bonds is 5. The summed E-state index contributed by atoms with van der Waals surface area (Å²) < 4.78 is 1.79. The molecule has 0 radical (unpaired) electrons. The second-order valence-corrected chi connectivity index (χ2v) is 5.49. The van der Waals surface area contributed by atoms with Crippen molar-refractivity contribution in [1.29, 1.82) is 0 Å². The van der Waals surface area contributed by atoms with Gasteiger partial charge in [0, 0.05) is 31.4 Å². The first-order chi connectivity index (χ1) is 9.20. The number of hydrogen-bond acceptors (Lipinski definition) is 3. The van der Waals surface area contributed by atoms with Crippen molar-refractivity contribution in [3.05, 3.63) is 34.7 Å². The van der Waals surface area contributed by atoms with Gasteiger partial charge in [-0.2, -0.15) is 0 Å². The van der Waals surface area contributed by atoms with Crippen molar-refractivity contribution in [2.24, 2.45) is 5.92 Å². The predicted octanol–water partition coefficient (Wildman–Crippen LogP) is 1.17. The van der Waals surface area contributed by atoms with Crippen LogP contribution in [0.4, 0.5) is 0 Å². The molecule has 1 fully saturated rings. The van der Waals surface area contributed by atoms with Gasteiger partial charge in [-0.25, -0.2) is 0 Å². The average molecular weight is 263 g/mol. The first-order valence-electron chi connectivity index (χ1n) is 7.26. The largest absolute Gasteiger partial charge is 0.317 e. The summed E-state index contributed by atoms with van der Waals surface area (Å²) in [4.78, 5) is 14.1. The Hall–Kier alpha value is -1.13. The van der Waals surface area contributed by atoms with Crippen LogP contribution in [0.15, 0.2) is 29.2 Å². The van der Waals surface area contributed by atoms with E-state index in [-0.39, 0.29) is 5.56 Å². The molecule has 0 aliphatic carbocycles. The Morgan fingerprint density at radius 3 is 2.68 bits per heavy atom. The predicted molar refractivity (Wildman–Crippen MR) is 78.4 cm³/mol. The maximum atomic E-state index is 11.6. The molecule has 1 saturated heterocycles. The Bertz CT molecular complexity index is 435. The zero-order valence-electron chi connectivity index (χ0n) is 12.0. The van der Waals surface area contributed by atoms with Crippen LogP contribution in [-0.2, 0) is 6.54 Å². The Morgan fingerprint density at radius 1 is 1.32 bits per heavy atom. The monoisotopic (exact) mass is 263 g/mol. The third kappa shape index (κ3) is 3.91. The minimum Gasteiger partial charge on any atom is -0.317 e. The Labute approximate surface area is 115 Å². The molecule has 1 aliphatic heterocycles. The van der Waals surface area contributed by atoms with E-state index in [1.54, 1.807) is 16.7 Å². The van der Waals surface area contributed by atoms with Gasteiger partial charge in [0.2, 0.25) is 0 Å². The average Bonchev–Trinajstić information content (AvgIpc) is 2.46. The summed E-state index contributed by atoms with van der Waals surface area (Å²) in [6.07, 6.45) is 4.38. The molecule has 4 heteroatoms. The fourth-order valence-electron chi connectivity index (χ4n) is 2.81. The molecule has 106 valence electrons. The molecule has 1 N–H and O–H groups in total. The highest BCUT2D eigenvalue weighted by Crippen LogP contribution is 2.20. The molecular formula is C15H25N3O. The van der Waals surface area contributed by atoms with Crippen LogP contribution in [0.2, 0.25) is 0 Å². The van der Waals surface area contributed by atoms with Crippen LogP contribution in [0, 0.1) is 5.92 Å². The number of piperidine rings is 1. The number of nitrogens with one attached hydrogen (secondary N) is 1.